The van der Waals surface area contributed by atoms with Gasteiger partial charge in [0.2, 0.25) is 0 Å². The van der Waals surface area contributed by atoms with Crippen molar-refractivity contribution in [1.82, 2.24) is 5.32 Å². The first kappa shape index (κ1) is 9.14. The second-order valence-electron chi connectivity index (χ2n) is 2.30. The molecule has 1 amide bonds. The van der Waals surface area contributed by atoms with E-state index in [0.717, 1.165) is 0 Å². The number of amides is 1. The lowest BCUT2D eigenvalue weighted by molar-refractivity contribution is 0.0961. The molecule has 0 aliphatic carbocycles. The van der Waals surface area contributed by atoms with Crippen molar-refractivity contribution in [1.29, 1.82) is 0 Å². The summed E-state index contributed by atoms with van der Waals surface area (Å²) >= 11 is 0. The van der Waals surface area contributed by atoms with E-state index in [1.807, 2.05) is 6.11 Å². The normalized spacial score (nSPS) is 8.62. The summed E-state index contributed by atoms with van der Waals surface area (Å²) in [5.74, 6) is 0.176. The van der Waals surface area contributed by atoms with Gasteiger partial charge >= 0.3 is 0 Å². The van der Waals surface area contributed by atoms with E-state index in [1.54, 1.807) is 31.3 Å². The van der Waals surface area contributed by atoms with Gasteiger partial charge in [-0.15, -0.1) is 0 Å². The molecular weight excluding hydrogens is 166 g/mol. The lowest BCUT2D eigenvalue weighted by Crippen LogP contribution is -2.18. The zero-order valence-electron chi connectivity index (χ0n) is 7.20. The van der Waals surface area contributed by atoms with Crippen molar-refractivity contribution in [2.45, 2.75) is 0 Å². The SMILES string of the molecule is C#COc1ccccc1C(=O)NC. The van der Waals surface area contributed by atoms with Crippen LogP contribution in [0.4, 0.5) is 0 Å². The molecule has 0 saturated carbocycles. The van der Waals surface area contributed by atoms with Crippen molar-refractivity contribution in [2.75, 3.05) is 7.05 Å². The smallest absolute Gasteiger partial charge is 0.254 e. The summed E-state index contributed by atoms with van der Waals surface area (Å²) in [6.45, 7) is 0. The van der Waals surface area contributed by atoms with Gasteiger partial charge in [-0.1, -0.05) is 18.6 Å². The molecule has 3 nitrogen and oxygen atoms in total. The fraction of sp³-hybridized carbons (Fsp3) is 0.100. The first-order valence-corrected chi connectivity index (χ1v) is 3.73. The Labute approximate surface area is 76.7 Å². The molecule has 1 aromatic rings. The van der Waals surface area contributed by atoms with Crippen LogP contribution in [0.5, 0.6) is 5.75 Å². The first-order valence-electron chi connectivity index (χ1n) is 3.73. The Balaban J connectivity index is 3.05. The molecule has 0 saturated heterocycles. The molecule has 0 spiro atoms. The standard InChI is InChI=1S/C10H9NO2/c1-3-13-9-7-5-4-6-8(9)10(12)11-2/h1,4-7H,2H3,(H,11,12). The van der Waals surface area contributed by atoms with Gasteiger partial charge < -0.3 is 10.1 Å². The fourth-order valence-electron chi connectivity index (χ4n) is 0.941. The maximum Gasteiger partial charge on any atom is 0.254 e. The Morgan fingerprint density at radius 3 is 2.85 bits per heavy atom. The van der Waals surface area contributed by atoms with E-state index in [1.165, 1.54) is 0 Å². The number of nitrogens with one attached hydrogen (secondary N) is 1. The van der Waals surface area contributed by atoms with Crippen LogP contribution in [0.3, 0.4) is 0 Å². The molecule has 1 rings (SSSR count). The molecular formula is C10H9NO2. The Morgan fingerprint density at radius 1 is 1.54 bits per heavy atom. The average Bonchev–Trinajstić information content (AvgIpc) is 2.18. The molecule has 0 bridgehead atoms. The molecule has 0 radical (unpaired) electrons. The van der Waals surface area contributed by atoms with Crippen LogP contribution in [0.1, 0.15) is 10.4 Å². The topological polar surface area (TPSA) is 38.3 Å². The van der Waals surface area contributed by atoms with Gasteiger partial charge in [-0.3, -0.25) is 4.79 Å². The van der Waals surface area contributed by atoms with Gasteiger partial charge in [0.1, 0.15) is 6.11 Å². The van der Waals surface area contributed by atoms with Gasteiger partial charge in [-0.05, 0) is 12.1 Å². The number of ether oxygens (including phenoxy) is 1. The molecule has 13 heavy (non-hydrogen) atoms. The van der Waals surface area contributed by atoms with Crippen molar-refractivity contribution in [3.05, 3.63) is 29.8 Å². The molecule has 66 valence electrons. The molecule has 0 atom stereocenters. The zero-order chi connectivity index (χ0) is 9.68. The van der Waals surface area contributed by atoms with E-state index >= 15 is 0 Å². The zero-order valence-corrected chi connectivity index (χ0v) is 7.20. The number of carbonyl (C=O) groups is 1. The van der Waals surface area contributed by atoms with Gasteiger partial charge in [0.05, 0.1) is 5.56 Å². The molecule has 0 aliphatic heterocycles. The van der Waals surface area contributed by atoms with Gasteiger partial charge in [0, 0.05) is 7.05 Å². The number of para-hydroxylation sites is 1. The highest BCUT2D eigenvalue weighted by Gasteiger charge is 2.08. The van der Waals surface area contributed by atoms with Crippen molar-refractivity contribution >= 4 is 5.91 Å². The van der Waals surface area contributed by atoms with Crippen molar-refractivity contribution in [2.24, 2.45) is 0 Å². The van der Waals surface area contributed by atoms with Crippen LogP contribution in [0.25, 0.3) is 0 Å². The van der Waals surface area contributed by atoms with Crippen LogP contribution < -0.4 is 10.1 Å². The third kappa shape index (κ3) is 2.00. The quantitative estimate of drug-likeness (QED) is 0.681. The molecule has 1 N–H and O–H groups in total. The highest BCUT2D eigenvalue weighted by Crippen LogP contribution is 2.16. The minimum atomic E-state index is -0.217. The summed E-state index contributed by atoms with van der Waals surface area (Å²) in [6, 6.07) is 6.78. The minimum Gasteiger partial charge on any atom is -0.407 e. The predicted molar refractivity (Wildman–Crippen MR) is 49.3 cm³/mol. The summed E-state index contributed by atoms with van der Waals surface area (Å²) in [4.78, 5) is 11.2. The lowest BCUT2D eigenvalue weighted by atomic mass is 10.2. The monoisotopic (exact) mass is 175 g/mol. The van der Waals surface area contributed by atoms with Crippen LogP contribution in [-0.4, -0.2) is 13.0 Å². The largest absolute Gasteiger partial charge is 0.407 e. The summed E-state index contributed by atoms with van der Waals surface area (Å²) < 4.78 is 4.83. The van der Waals surface area contributed by atoms with Crippen molar-refractivity contribution < 1.29 is 9.53 Å². The van der Waals surface area contributed by atoms with Gasteiger partial charge in [-0.25, -0.2) is 0 Å². The minimum absolute atomic E-state index is 0.217. The summed E-state index contributed by atoms with van der Waals surface area (Å²) in [7, 11) is 1.55. The van der Waals surface area contributed by atoms with E-state index in [2.05, 4.69) is 5.32 Å². The molecule has 0 aromatic heterocycles. The predicted octanol–water partition coefficient (Wildman–Crippen LogP) is 1.02. The molecule has 0 fully saturated rings. The van der Waals surface area contributed by atoms with Crippen molar-refractivity contribution in [3.8, 4) is 18.3 Å². The lowest BCUT2D eigenvalue weighted by Gasteiger charge is -2.04. The Morgan fingerprint density at radius 2 is 2.23 bits per heavy atom. The number of rotatable bonds is 2. The van der Waals surface area contributed by atoms with E-state index in [0.29, 0.717) is 11.3 Å². The molecule has 0 aliphatic rings. The van der Waals surface area contributed by atoms with E-state index in [9.17, 15) is 4.79 Å². The summed E-state index contributed by atoms with van der Waals surface area (Å²) in [6.07, 6.45) is 6.99. The Bertz CT molecular complexity index is 352. The van der Waals surface area contributed by atoms with Crippen LogP contribution >= 0.6 is 0 Å². The van der Waals surface area contributed by atoms with Gasteiger partial charge in [-0.2, -0.15) is 0 Å². The number of hydrogen-bond acceptors (Lipinski definition) is 2. The van der Waals surface area contributed by atoms with E-state index in [-0.39, 0.29) is 5.91 Å². The Kier molecular flexibility index (Phi) is 2.93. The fourth-order valence-corrected chi connectivity index (χ4v) is 0.941. The summed E-state index contributed by atoms with van der Waals surface area (Å²) in [5, 5.41) is 2.49. The van der Waals surface area contributed by atoms with Crippen LogP contribution in [-0.2, 0) is 0 Å². The number of hydrogen-bond donors (Lipinski definition) is 1. The third-order valence-corrected chi connectivity index (χ3v) is 1.53. The maximum atomic E-state index is 11.2. The van der Waals surface area contributed by atoms with E-state index in [4.69, 9.17) is 11.2 Å². The third-order valence-electron chi connectivity index (χ3n) is 1.53. The molecule has 0 heterocycles. The van der Waals surface area contributed by atoms with Crippen LogP contribution in [0.15, 0.2) is 24.3 Å². The Hall–Kier alpha value is -1.95. The second-order valence-corrected chi connectivity index (χ2v) is 2.30. The number of benzene rings is 1. The van der Waals surface area contributed by atoms with Gasteiger partial charge in [0.15, 0.2) is 5.75 Å². The maximum absolute atomic E-state index is 11.2. The molecule has 0 unspecified atom stereocenters. The molecule has 3 heteroatoms. The summed E-state index contributed by atoms with van der Waals surface area (Å²) in [5.41, 5.74) is 0.433. The van der Waals surface area contributed by atoms with Crippen LogP contribution in [0, 0.1) is 12.5 Å². The first-order chi connectivity index (χ1) is 6.29. The molecule has 1 aromatic carbocycles. The van der Waals surface area contributed by atoms with Crippen LogP contribution in [0.2, 0.25) is 0 Å². The number of carbonyl (C=O) groups excluding carboxylic acids is 1. The van der Waals surface area contributed by atoms with Gasteiger partial charge in [0.25, 0.3) is 5.91 Å². The second kappa shape index (κ2) is 4.17. The number of terminal acetylenes is 1. The van der Waals surface area contributed by atoms with E-state index < -0.39 is 0 Å². The highest BCUT2D eigenvalue weighted by molar-refractivity contribution is 5.96. The van der Waals surface area contributed by atoms with Crippen molar-refractivity contribution in [3.63, 3.8) is 0 Å². The highest BCUT2D eigenvalue weighted by atomic mass is 16.5. The average molecular weight is 175 g/mol.